The van der Waals surface area contributed by atoms with Crippen molar-refractivity contribution in [1.82, 2.24) is 14.1 Å². The average molecular weight is 260 g/mol. The number of nitrogens with two attached hydrogens (primary N) is 1. The van der Waals surface area contributed by atoms with Crippen molar-refractivity contribution >= 4 is 15.8 Å². The van der Waals surface area contributed by atoms with Gasteiger partial charge >= 0.3 is 0 Å². The monoisotopic (exact) mass is 260 g/mol. The number of rotatable bonds is 4. The van der Waals surface area contributed by atoms with E-state index in [1.165, 1.54) is 8.99 Å². The molecule has 2 N–H and O–H groups in total. The first-order valence-corrected chi connectivity index (χ1v) is 6.94. The molecule has 1 aromatic rings. The lowest BCUT2D eigenvalue weighted by atomic mass is 10.3. The van der Waals surface area contributed by atoms with E-state index >= 15 is 0 Å². The van der Waals surface area contributed by atoms with E-state index in [0.717, 1.165) is 6.42 Å². The molecule has 0 bridgehead atoms. The van der Waals surface area contributed by atoms with E-state index in [4.69, 9.17) is 5.73 Å². The lowest BCUT2D eigenvalue weighted by molar-refractivity contribution is 0.380. The Bertz CT molecular complexity index is 507. The van der Waals surface area contributed by atoms with Crippen molar-refractivity contribution in [2.45, 2.75) is 38.1 Å². The standard InChI is InChI=1S/C10H20N4O2S/c1-6-7(2)14(5)17(15,16)9-8(3)13(4)12-10(9)11/h7H,6H2,1-5H3,(H2,11,12). The highest BCUT2D eigenvalue weighted by Crippen LogP contribution is 2.25. The van der Waals surface area contributed by atoms with Crippen molar-refractivity contribution in [1.29, 1.82) is 0 Å². The van der Waals surface area contributed by atoms with Crippen LogP contribution in [-0.4, -0.2) is 35.6 Å². The Balaban J connectivity index is 3.32. The first-order valence-electron chi connectivity index (χ1n) is 5.50. The highest BCUT2D eigenvalue weighted by Gasteiger charge is 2.30. The predicted molar refractivity (Wildman–Crippen MR) is 67.1 cm³/mol. The topological polar surface area (TPSA) is 81.2 Å². The molecule has 1 heterocycles. The van der Waals surface area contributed by atoms with E-state index in [1.807, 2.05) is 13.8 Å². The zero-order chi connectivity index (χ0) is 13.4. The Kier molecular flexibility index (Phi) is 3.83. The predicted octanol–water partition coefficient (Wildman–Crippen LogP) is 0.730. The highest BCUT2D eigenvalue weighted by atomic mass is 32.2. The zero-order valence-electron chi connectivity index (χ0n) is 10.9. The summed E-state index contributed by atoms with van der Waals surface area (Å²) in [5.41, 5.74) is 6.22. The van der Waals surface area contributed by atoms with E-state index in [2.05, 4.69) is 5.10 Å². The molecule has 7 heteroatoms. The number of hydrogen-bond donors (Lipinski definition) is 1. The van der Waals surface area contributed by atoms with Crippen LogP contribution in [0.15, 0.2) is 4.90 Å². The molecule has 0 aromatic carbocycles. The maximum Gasteiger partial charge on any atom is 0.248 e. The van der Waals surface area contributed by atoms with Crippen molar-refractivity contribution in [2.24, 2.45) is 7.05 Å². The van der Waals surface area contributed by atoms with Gasteiger partial charge in [0, 0.05) is 20.1 Å². The van der Waals surface area contributed by atoms with Gasteiger partial charge in [0.25, 0.3) is 0 Å². The van der Waals surface area contributed by atoms with E-state index in [9.17, 15) is 8.42 Å². The molecule has 98 valence electrons. The Morgan fingerprint density at radius 3 is 2.41 bits per heavy atom. The quantitative estimate of drug-likeness (QED) is 0.865. The summed E-state index contributed by atoms with van der Waals surface area (Å²) in [4.78, 5) is 0.114. The summed E-state index contributed by atoms with van der Waals surface area (Å²) < 4.78 is 27.6. The summed E-state index contributed by atoms with van der Waals surface area (Å²) in [6.45, 7) is 5.50. The molecule has 1 atom stereocenters. The molecular formula is C10H20N4O2S. The van der Waals surface area contributed by atoms with Gasteiger partial charge in [-0.05, 0) is 20.3 Å². The average Bonchev–Trinajstić information content (AvgIpc) is 2.51. The highest BCUT2D eigenvalue weighted by molar-refractivity contribution is 7.89. The summed E-state index contributed by atoms with van der Waals surface area (Å²) in [5.74, 6) is 0.0557. The molecule has 1 rings (SSSR count). The van der Waals surface area contributed by atoms with Gasteiger partial charge in [-0.1, -0.05) is 6.92 Å². The van der Waals surface area contributed by atoms with Crippen molar-refractivity contribution in [3.63, 3.8) is 0 Å². The van der Waals surface area contributed by atoms with E-state index in [-0.39, 0.29) is 16.8 Å². The normalized spacial score (nSPS) is 14.2. The number of sulfonamides is 1. The molecule has 0 aliphatic carbocycles. The van der Waals surface area contributed by atoms with Gasteiger partial charge in [-0.2, -0.15) is 9.40 Å². The molecule has 6 nitrogen and oxygen atoms in total. The van der Waals surface area contributed by atoms with Crippen molar-refractivity contribution < 1.29 is 8.42 Å². The first kappa shape index (κ1) is 14.0. The number of anilines is 1. The third-order valence-corrected chi connectivity index (χ3v) is 5.29. The van der Waals surface area contributed by atoms with Gasteiger partial charge < -0.3 is 5.73 Å². The van der Waals surface area contributed by atoms with Gasteiger partial charge in [-0.3, -0.25) is 4.68 Å². The first-order chi connectivity index (χ1) is 7.73. The minimum atomic E-state index is -3.57. The number of aromatic nitrogens is 2. The number of nitrogens with zero attached hydrogens (tertiary/aromatic N) is 3. The van der Waals surface area contributed by atoms with Gasteiger partial charge in [-0.15, -0.1) is 0 Å². The van der Waals surface area contributed by atoms with E-state index in [0.29, 0.717) is 5.69 Å². The molecule has 0 fully saturated rings. The molecule has 0 aliphatic rings. The number of aryl methyl sites for hydroxylation is 1. The van der Waals surface area contributed by atoms with Gasteiger partial charge in [0.05, 0.1) is 5.69 Å². The van der Waals surface area contributed by atoms with Crippen LogP contribution in [-0.2, 0) is 17.1 Å². The summed E-state index contributed by atoms with van der Waals surface area (Å²) in [6, 6.07) is -0.0704. The van der Waals surface area contributed by atoms with E-state index < -0.39 is 10.0 Å². The molecule has 1 unspecified atom stereocenters. The lowest BCUT2D eigenvalue weighted by Gasteiger charge is -2.23. The van der Waals surface area contributed by atoms with Crippen molar-refractivity contribution in [3.05, 3.63) is 5.69 Å². The summed E-state index contributed by atoms with van der Waals surface area (Å²) in [5, 5.41) is 3.93. The second-order valence-corrected chi connectivity index (χ2v) is 6.14. The smallest absolute Gasteiger partial charge is 0.248 e. The fraction of sp³-hybridized carbons (Fsp3) is 0.700. The van der Waals surface area contributed by atoms with Gasteiger partial charge in [0.1, 0.15) is 4.90 Å². The summed E-state index contributed by atoms with van der Waals surface area (Å²) in [6.07, 6.45) is 0.745. The molecule has 0 aliphatic heterocycles. The van der Waals surface area contributed by atoms with Crippen molar-refractivity contribution in [3.8, 4) is 0 Å². The molecule has 0 spiro atoms. The maximum absolute atomic E-state index is 12.4. The Morgan fingerprint density at radius 1 is 1.53 bits per heavy atom. The Hall–Kier alpha value is -1.08. The Morgan fingerprint density at radius 2 is 2.06 bits per heavy atom. The maximum atomic E-state index is 12.4. The second kappa shape index (κ2) is 4.66. The van der Waals surface area contributed by atoms with Crippen LogP contribution in [0.25, 0.3) is 0 Å². The van der Waals surface area contributed by atoms with Crippen LogP contribution in [0.5, 0.6) is 0 Å². The number of hydrogen-bond acceptors (Lipinski definition) is 4. The largest absolute Gasteiger partial charge is 0.381 e. The third kappa shape index (κ3) is 2.30. The molecular weight excluding hydrogens is 240 g/mol. The zero-order valence-corrected chi connectivity index (χ0v) is 11.7. The molecule has 0 radical (unpaired) electrons. The lowest BCUT2D eigenvalue weighted by Crippen LogP contribution is -2.35. The second-order valence-electron chi connectivity index (χ2n) is 4.20. The van der Waals surface area contributed by atoms with Crippen LogP contribution in [0, 0.1) is 6.92 Å². The number of nitrogen functional groups attached to an aromatic ring is 1. The van der Waals surface area contributed by atoms with Crippen LogP contribution in [0.1, 0.15) is 26.0 Å². The fourth-order valence-corrected chi connectivity index (χ4v) is 3.29. The summed E-state index contributed by atoms with van der Waals surface area (Å²) in [7, 11) is -0.326. The minimum absolute atomic E-state index is 0.0557. The third-order valence-electron chi connectivity index (χ3n) is 3.15. The molecule has 0 amide bonds. The van der Waals surface area contributed by atoms with Crippen LogP contribution in [0.4, 0.5) is 5.82 Å². The van der Waals surface area contributed by atoms with Gasteiger partial charge in [0.15, 0.2) is 5.82 Å². The van der Waals surface area contributed by atoms with Crippen LogP contribution < -0.4 is 5.73 Å². The molecule has 1 aromatic heterocycles. The Labute approximate surface area is 102 Å². The van der Waals surface area contributed by atoms with Crippen LogP contribution >= 0.6 is 0 Å². The minimum Gasteiger partial charge on any atom is -0.381 e. The van der Waals surface area contributed by atoms with Crippen LogP contribution in [0.3, 0.4) is 0 Å². The van der Waals surface area contributed by atoms with Gasteiger partial charge in [0.2, 0.25) is 10.0 Å². The van der Waals surface area contributed by atoms with E-state index in [1.54, 1.807) is 21.0 Å². The van der Waals surface area contributed by atoms with Crippen LogP contribution in [0.2, 0.25) is 0 Å². The van der Waals surface area contributed by atoms with Crippen molar-refractivity contribution in [2.75, 3.05) is 12.8 Å². The molecule has 0 saturated carbocycles. The SMILES string of the molecule is CCC(C)N(C)S(=O)(=O)c1c(N)nn(C)c1C. The summed E-state index contributed by atoms with van der Waals surface area (Å²) >= 11 is 0. The fourth-order valence-electron chi connectivity index (χ4n) is 1.57. The van der Waals surface area contributed by atoms with Gasteiger partial charge in [-0.25, -0.2) is 8.42 Å². The molecule has 17 heavy (non-hydrogen) atoms. The molecule has 0 saturated heterocycles.